The highest BCUT2D eigenvalue weighted by Gasteiger charge is 2.35. The number of nitrogens with zero attached hydrogens (tertiary/aromatic N) is 2. The summed E-state index contributed by atoms with van der Waals surface area (Å²) in [7, 11) is 0. The van der Waals surface area contributed by atoms with Crippen LogP contribution in [0.15, 0.2) is 206 Å². The third kappa shape index (κ3) is 5.27. The predicted octanol–water partition coefficient (Wildman–Crippen LogP) is 13.6. The maximum atomic E-state index is 6.53. The Hall–Kier alpha value is -7.10. The SMILES string of the molecule is C1=CC(c2ccc(N(c3ccc(-c4ccccc4)cc3)c3ccc(-n4c5ccccc5c5cc6ccccc6cc54)cc3)cc2)C2Oc3ccccc3C2=C1. The van der Waals surface area contributed by atoms with Gasteiger partial charge in [0.25, 0.3) is 0 Å². The highest BCUT2D eigenvalue weighted by Crippen LogP contribution is 2.46. The van der Waals surface area contributed by atoms with Crippen LogP contribution in [-0.4, -0.2) is 10.7 Å². The summed E-state index contributed by atoms with van der Waals surface area (Å²) in [5, 5.41) is 5.02. The summed E-state index contributed by atoms with van der Waals surface area (Å²) in [5.74, 6) is 1.09. The monoisotopic (exact) mass is 704 g/mol. The molecule has 0 radical (unpaired) electrons. The second-order valence-corrected chi connectivity index (χ2v) is 14.5. The van der Waals surface area contributed by atoms with Crippen LogP contribution in [0.2, 0.25) is 0 Å². The van der Waals surface area contributed by atoms with Crippen molar-refractivity contribution in [3.63, 3.8) is 0 Å². The second kappa shape index (κ2) is 12.8. The van der Waals surface area contributed by atoms with Gasteiger partial charge < -0.3 is 14.2 Å². The van der Waals surface area contributed by atoms with E-state index in [1.165, 1.54) is 60.4 Å². The Morgan fingerprint density at radius 3 is 1.89 bits per heavy atom. The summed E-state index contributed by atoms with van der Waals surface area (Å²) in [6, 6.07) is 67.9. The smallest absolute Gasteiger partial charge is 0.135 e. The Morgan fingerprint density at radius 2 is 1.11 bits per heavy atom. The molecule has 9 aromatic rings. The fourth-order valence-electron chi connectivity index (χ4n) is 8.69. The number of allylic oxidation sites excluding steroid dienone is 2. The Kier molecular flexibility index (Phi) is 7.31. The number of fused-ring (bicyclic) bond motifs is 7. The van der Waals surface area contributed by atoms with Gasteiger partial charge in [-0.2, -0.15) is 0 Å². The first-order chi connectivity index (χ1) is 27.3. The van der Waals surface area contributed by atoms with E-state index >= 15 is 0 Å². The molecule has 3 heteroatoms. The van der Waals surface area contributed by atoms with Crippen LogP contribution in [0.1, 0.15) is 17.0 Å². The van der Waals surface area contributed by atoms with Gasteiger partial charge in [-0.05, 0) is 100 Å². The van der Waals surface area contributed by atoms with E-state index in [1.54, 1.807) is 0 Å². The zero-order valence-electron chi connectivity index (χ0n) is 30.1. The van der Waals surface area contributed by atoms with Gasteiger partial charge in [0.05, 0.1) is 11.0 Å². The van der Waals surface area contributed by atoms with Crippen molar-refractivity contribution in [2.45, 2.75) is 12.0 Å². The minimum atomic E-state index is -0.0266. The van der Waals surface area contributed by atoms with E-state index in [-0.39, 0.29) is 12.0 Å². The largest absolute Gasteiger partial charge is 0.484 e. The molecule has 0 spiro atoms. The van der Waals surface area contributed by atoms with Gasteiger partial charge in [-0.1, -0.05) is 133 Å². The molecule has 0 saturated carbocycles. The van der Waals surface area contributed by atoms with Gasteiger partial charge in [0.2, 0.25) is 0 Å². The summed E-state index contributed by atoms with van der Waals surface area (Å²) < 4.78 is 8.93. The normalized spacial score (nSPS) is 15.8. The van der Waals surface area contributed by atoms with E-state index in [1.807, 2.05) is 6.07 Å². The van der Waals surface area contributed by atoms with Crippen LogP contribution >= 0.6 is 0 Å². The third-order valence-corrected chi connectivity index (χ3v) is 11.4. The van der Waals surface area contributed by atoms with Crippen molar-refractivity contribution >= 4 is 55.2 Å². The van der Waals surface area contributed by atoms with E-state index < -0.39 is 0 Å². The Balaban J connectivity index is 0.988. The van der Waals surface area contributed by atoms with Crippen LogP contribution in [0.25, 0.3) is 55.0 Å². The highest BCUT2D eigenvalue weighted by molar-refractivity contribution is 6.13. The van der Waals surface area contributed by atoms with Crippen molar-refractivity contribution < 1.29 is 4.74 Å². The van der Waals surface area contributed by atoms with Crippen LogP contribution in [0.4, 0.5) is 17.1 Å². The molecule has 2 unspecified atom stereocenters. The van der Waals surface area contributed by atoms with Crippen LogP contribution in [0, 0.1) is 0 Å². The maximum absolute atomic E-state index is 6.53. The fraction of sp³-hybridized carbons (Fsp3) is 0.0385. The van der Waals surface area contributed by atoms with Gasteiger partial charge in [-0.3, -0.25) is 0 Å². The molecule has 11 rings (SSSR count). The molecule has 0 N–H and O–H groups in total. The minimum absolute atomic E-state index is 0.0266. The Morgan fingerprint density at radius 1 is 0.491 bits per heavy atom. The van der Waals surface area contributed by atoms with Crippen molar-refractivity contribution in [3.05, 3.63) is 217 Å². The van der Waals surface area contributed by atoms with Gasteiger partial charge >= 0.3 is 0 Å². The number of para-hydroxylation sites is 2. The predicted molar refractivity (Wildman–Crippen MR) is 229 cm³/mol. The lowest BCUT2D eigenvalue weighted by Crippen LogP contribution is -2.23. The number of hydrogen-bond acceptors (Lipinski definition) is 2. The van der Waals surface area contributed by atoms with E-state index in [0.717, 1.165) is 28.5 Å². The Labute approximate surface area is 320 Å². The number of anilines is 3. The number of benzene rings is 8. The van der Waals surface area contributed by atoms with Crippen molar-refractivity contribution in [2.24, 2.45) is 0 Å². The lowest BCUT2D eigenvalue weighted by atomic mass is 9.84. The quantitative estimate of drug-likeness (QED) is 0.171. The van der Waals surface area contributed by atoms with Crippen LogP contribution in [-0.2, 0) is 0 Å². The zero-order valence-corrected chi connectivity index (χ0v) is 30.1. The molecule has 0 saturated heterocycles. The molecular weight excluding hydrogens is 669 g/mol. The van der Waals surface area contributed by atoms with E-state index in [9.17, 15) is 0 Å². The lowest BCUT2D eigenvalue weighted by molar-refractivity contribution is 0.258. The lowest BCUT2D eigenvalue weighted by Gasteiger charge is -2.28. The number of rotatable bonds is 6. The summed E-state index contributed by atoms with van der Waals surface area (Å²) in [6.45, 7) is 0. The van der Waals surface area contributed by atoms with Gasteiger partial charge in [0.15, 0.2) is 0 Å². The van der Waals surface area contributed by atoms with Gasteiger partial charge in [-0.25, -0.2) is 0 Å². The number of ether oxygens (including phenoxy) is 1. The van der Waals surface area contributed by atoms with Crippen molar-refractivity contribution in [3.8, 4) is 22.6 Å². The van der Waals surface area contributed by atoms with E-state index in [4.69, 9.17) is 4.74 Å². The summed E-state index contributed by atoms with van der Waals surface area (Å²) in [5.41, 5.74) is 12.9. The molecule has 2 heterocycles. The fourth-order valence-corrected chi connectivity index (χ4v) is 8.69. The molecule has 0 amide bonds. The highest BCUT2D eigenvalue weighted by atomic mass is 16.5. The van der Waals surface area contributed by atoms with E-state index in [2.05, 4.69) is 210 Å². The van der Waals surface area contributed by atoms with Crippen LogP contribution in [0.3, 0.4) is 0 Å². The Bertz CT molecular complexity index is 2940. The van der Waals surface area contributed by atoms with Gasteiger partial charge in [0, 0.05) is 50.6 Å². The maximum Gasteiger partial charge on any atom is 0.135 e. The minimum Gasteiger partial charge on any atom is -0.484 e. The molecule has 0 bridgehead atoms. The molecule has 2 atom stereocenters. The van der Waals surface area contributed by atoms with Crippen molar-refractivity contribution in [1.82, 2.24) is 4.57 Å². The molecule has 1 aliphatic carbocycles. The molecule has 55 heavy (non-hydrogen) atoms. The van der Waals surface area contributed by atoms with Crippen molar-refractivity contribution in [2.75, 3.05) is 4.90 Å². The molecule has 0 fully saturated rings. The zero-order chi connectivity index (χ0) is 36.3. The summed E-state index contributed by atoms with van der Waals surface area (Å²) >= 11 is 0. The molecule has 3 nitrogen and oxygen atoms in total. The van der Waals surface area contributed by atoms with Gasteiger partial charge in [-0.15, -0.1) is 0 Å². The number of hydrogen-bond donors (Lipinski definition) is 0. The van der Waals surface area contributed by atoms with E-state index in [0.29, 0.717) is 0 Å². The first-order valence-corrected chi connectivity index (χ1v) is 19.0. The summed E-state index contributed by atoms with van der Waals surface area (Å²) in [6.07, 6.45) is 6.62. The molecule has 1 aromatic heterocycles. The third-order valence-electron chi connectivity index (χ3n) is 11.4. The van der Waals surface area contributed by atoms with Crippen LogP contribution in [0.5, 0.6) is 5.75 Å². The first kappa shape index (κ1) is 31.4. The average molecular weight is 705 g/mol. The first-order valence-electron chi connectivity index (χ1n) is 19.0. The topological polar surface area (TPSA) is 17.4 Å². The van der Waals surface area contributed by atoms with Crippen LogP contribution < -0.4 is 9.64 Å². The second-order valence-electron chi connectivity index (χ2n) is 14.5. The average Bonchev–Trinajstić information content (AvgIpc) is 3.80. The summed E-state index contributed by atoms with van der Waals surface area (Å²) in [4.78, 5) is 2.35. The number of aromatic nitrogens is 1. The molecule has 260 valence electrons. The molecule has 8 aromatic carbocycles. The van der Waals surface area contributed by atoms with Gasteiger partial charge in [0.1, 0.15) is 11.9 Å². The van der Waals surface area contributed by atoms with Crippen molar-refractivity contribution in [1.29, 1.82) is 0 Å². The standard InChI is InChI=1S/C52H36N2O/c1-2-11-35(12-3-1)36-21-25-40(26-22-36)53(41-27-23-37(24-28-41)44-17-10-18-47-46-16-7-9-20-51(46)55-52(44)47)42-29-31-43(32-30-42)54-49-19-8-6-15-45(49)48-33-38-13-4-5-14-39(38)34-50(48)54/h1-34,44,52H. The molecule has 1 aliphatic heterocycles. The molecule has 2 aliphatic rings. The molecular formula is C52H36N2O.